The summed E-state index contributed by atoms with van der Waals surface area (Å²) in [6, 6.07) is 0. The van der Waals surface area contributed by atoms with Gasteiger partial charge in [-0.05, 0) is 18.9 Å². The van der Waals surface area contributed by atoms with Gasteiger partial charge in [0, 0.05) is 25.3 Å². The molecule has 0 unspecified atom stereocenters. The van der Waals surface area contributed by atoms with Crippen LogP contribution in [0.4, 0.5) is 0 Å². The lowest BCUT2D eigenvalue weighted by atomic mass is 10.4. The molecule has 1 aliphatic heterocycles. The van der Waals surface area contributed by atoms with Gasteiger partial charge in [-0.25, -0.2) is 0 Å². The van der Waals surface area contributed by atoms with E-state index in [1.54, 1.807) is 0 Å². The van der Waals surface area contributed by atoms with Gasteiger partial charge in [0.15, 0.2) is 0 Å². The van der Waals surface area contributed by atoms with Crippen molar-refractivity contribution in [2.24, 2.45) is 4.99 Å². The summed E-state index contributed by atoms with van der Waals surface area (Å²) in [4.78, 5) is 7.03. The molecule has 13 heavy (non-hydrogen) atoms. The fraction of sp³-hybridized carbons (Fsp3) is 0.889. The average molecular weight is 218 g/mol. The molecule has 0 aromatic heterocycles. The predicted octanol–water partition coefficient (Wildman–Crippen LogP) is 2.16. The second kappa shape index (κ2) is 6.60. The molecule has 1 aliphatic rings. The van der Waals surface area contributed by atoms with Crippen molar-refractivity contribution in [1.29, 1.82) is 0 Å². The normalized spacial score (nSPS) is 20.2. The lowest BCUT2D eigenvalue weighted by Gasteiger charge is -2.16. The van der Waals surface area contributed by atoms with E-state index in [2.05, 4.69) is 22.4 Å². The summed E-state index contributed by atoms with van der Waals surface area (Å²) in [5.74, 6) is 3.60. The van der Waals surface area contributed by atoms with Gasteiger partial charge in [-0.1, -0.05) is 0 Å². The number of nitrogens with zero attached hydrogens (tertiary/aromatic N) is 2. The van der Waals surface area contributed by atoms with Crippen molar-refractivity contribution in [3.05, 3.63) is 0 Å². The first kappa shape index (κ1) is 11.2. The minimum Gasteiger partial charge on any atom is -0.351 e. The van der Waals surface area contributed by atoms with E-state index in [4.69, 9.17) is 0 Å². The first-order valence-electron chi connectivity index (χ1n) is 4.64. The molecule has 2 nitrogen and oxygen atoms in total. The Morgan fingerprint density at radius 2 is 2.23 bits per heavy atom. The molecule has 0 N–H and O–H groups in total. The van der Waals surface area contributed by atoms with Crippen LogP contribution < -0.4 is 0 Å². The summed E-state index contributed by atoms with van der Waals surface area (Å²) < 4.78 is 0. The second-order valence-electron chi connectivity index (χ2n) is 3.08. The first-order chi connectivity index (χ1) is 6.38. The molecular formula is C9H18N2S2. The highest BCUT2D eigenvalue weighted by Gasteiger charge is 2.16. The predicted molar refractivity (Wildman–Crippen MR) is 65.0 cm³/mol. The largest absolute Gasteiger partial charge is 0.351 e. The molecule has 0 amide bonds. The maximum Gasteiger partial charge on any atom is 0.0996 e. The zero-order valence-corrected chi connectivity index (χ0v) is 10.1. The van der Waals surface area contributed by atoms with E-state index in [9.17, 15) is 0 Å². The number of rotatable bonds is 5. The van der Waals surface area contributed by atoms with Crippen LogP contribution in [0, 0.1) is 0 Å². The van der Waals surface area contributed by atoms with Crippen molar-refractivity contribution in [3.8, 4) is 0 Å². The van der Waals surface area contributed by atoms with Crippen LogP contribution in [0.3, 0.4) is 0 Å². The fourth-order valence-electron chi connectivity index (χ4n) is 1.46. The molecule has 0 aromatic rings. The highest BCUT2D eigenvalue weighted by Crippen LogP contribution is 2.14. The summed E-state index contributed by atoms with van der Waals surface area (Å²) in [7, 11) is 0. The van der Waals surface area contributed by atoms with Crippen molar-refractivity contribution in [2.75, 3.05) is 37.2 Å². The van der Waals surface area contributed by atoms with E-state index in [1.807, 2.05) is 23.5 Å². The van der Waals surface area contributed by atoms with Gasteiger partial charge >= 0.3 is 0 Å². The van der Waals surface area contributed by atoms with E-state index in [0.717, 1.165) is 18.2 Å². The molecule has 0 saturated carbocycles. The summed E-state index contributed by atoms with van der Waals surface area (Å²) in [5, 5.41) is 0. The number of likely N-dealkylation sites (tertiary alicyclic amines) is 1. The smallest absolute Gasteiger partial charge is 0.0996 e. The Morgan fingerprint density at radius 1 is 1.38 bits per heavy atom. The van der Waals surface area contributed by atoms with Crippen molar-refractivity contribution in [2.45, 2.75) is 12.8 Å². The molecule has 0 radical (unpaired) electrons. The number of hydrogen-bond acceptors (Lipinski definition) is 3. The van der Waals surface area contributed by atoms with Crippen molar-refractivity contribution < 1.29 is 0 Å². The van der Waals surface area contributed by atoms with Crippen LogP contribution in [0.2, 0.25) is 0 Å². The van der Waals surface area contributed by atoms with E-state index >= 15 is 0 Å². The lowest BCUT2D eigenvalue weighted by Crippen LogP contribution is -2.24. The van der Waals surface area contributed by atoms with Crippen molar-refractivity contribution in [1.82, 2.24) is 4.90 Å². The third-order valence-corrected chi connectivity index (χ3v) is 3.23. The average Bonchev–Trinajstić information content (AvgIpc) is 2.54. The Kier molecular flexibility index (Phi) is 5.71. The third-order valence-electron chi connectivity index (χ3n) is 2.07. The van der Waals surface area contributed by atoms with Crippen molar-refractivity contribution >= 4 is 29.4 Å². The zero-order chi connectivity index (χ0) is 9.52. The second-order valence-corrected chi connectivity index (χ2v) is 4.90. The molecule has 0 aromatic carbocycles. The van der Waals surface area contributed by atoms with Gasteiger partial charge in [0.2, 0.25) is 0 Å². The molecule has 1 fully saturated rings. The van der Waals surface area contributed by atoms with E-state index in [1.165, 1.54) is 25.2 Å². The molecule has 0 aliphatic carbocycles. The fourth-order valence-corrected chi connectivity index (χ4v) is 2.32. The van der Waals surface area contributed by atoms with Gasteiger partial charge in [0.25, 0.3) is 0 Å². The Balaban J connectivity index is 2.33. The molecule has 0 bridgehead atoms. The number of hydrogen-bond donors (Lipinski definition) is 0. The van der Waals surface area contributed by atoms with E-state index < -0.39 is 0 Å². The van der Waals surface area contributed by atoms with Gasteiger partial charge in [-0.2, -0.15) is 11.8 Å². The van der Waals surface area contributed by atoms with Crippen LogP contribution in [0.15, 0.2) is 4.99 Å². The van der Waals surface area contributed by atoms with Gasteiger partial charge in [-0.15, -0.1) is 11.8 Å². The summed E-state index contributed by atoms with van der Waals surface area (Å²) >= 11 is 3.75. The van der Waals surface area contributed by atoms with Gasteiger partial charge in [0.1, 0.15) is 0 Å². The highest BCUT2D eigenvalue weighted by molar-refractivity contribution is 7.98. The number of aliphatic imine (C=N–C) groups is 1. The third kappa shape index (κ3) is 3.81. The Hall–Kier alpha value is 0.170. The number of amidine groups is 1. The van der Waals surface area contributed by atoms with Gasteiger partial charge in [0.05, 0.1) is 11.7 Å². The van der Waals surface area contributed by atoms with Crippen LogP contribution in [0.25, 0.3) is 0 Å². The molecule has 1 saturated heterocycles. The molecule has 1 heterocycles. The Bertz CT molecular complexity index is 171. The molecule has 1 rings (SSSR count). The van der Waals surface area contributed by atoms with Crippen LogP contribution in [0.1, 0.15) is 12.8 Å². The van der Waals surface area contributed by atoms with E-state index in [-0.39, 0.29) is 0 Å². The minimum atomic E-state index is 0.987. The maximum absolute atomic E-state index is 4.62. The SMILES string of the molecule is CSCCN=C1CCCN1CSC. The van der Waals surface area contributed by atoms with Crippen LogP contribution in [-0.4, -0.2) is 48.0 Å². The maximum atomic E-state index is 4.62. The van der Waals surface area contributed by atoms with Crippen LogP contribution in [-0.2, 0) is 0 Å². The molecule has 0 spiro atoms. The molecule has 76 valence electrons. The number of thioether (sulfide) groups is 2. The van der Waals surface area contributed by atoms with E-state index in [0.29, 0.717) is 0 Å². The van der Waals surface area contributed by atoms with Gasteiger partial charge < -0.3 is 4.90 Å². The lowest BCUT2D eigenvalue weighted by molar-refractivity contribution is 0.529. The highest BCUT2D eigenvalue weighted by atomic mass is 32.2. The Labute approximate surface area is 89.6 Å². The van der Waals surface area contributed by atoms with Crippen LogP contribution >= 0.6 is 23.5 Å². The Morgan fingerprint density at radius 3 is 2.92 bits per heavy atom. The topological polar surface area (TPSA) is 15.6 Å². The first-order valence-corrected chi connectivity index (χ1v) is 7.43. The summed E-state index contributed by atoms with van der Waals surface area (Å²) in [5.41, 5.74) is 0. The summed E-state index contributed by atoms with van der Waals surface area (Å²) in [6.45, 7) is 2.19. The minimum absolute atomic E-state index is 0.987. The monoisotopic (exact) mass is 218 g/mol. The summed E-state index contributed by atoms with van der Waals surface area (Å²) in [6.07, 6.45) is 6.76. The van der Waals surface area contributed by atoms with Crippen molar-refractivity contribution in [3.63, 3.8) is 0 Å². The molecule has 0 atom stereocenters. The molecule has 4 heteroatoms. The molecular weight excluding hydrogens is 200 g/mol. The standard InChI is InChI=1S/C9H18N2S2/c1-12-7-5-10-9-4-3-6-11(9)8-13-2/h3-8H2,1-2H3. The van der Waals surface area contributed by atoms with Gasteiger partial charge in [-0.3, -0.25) is 4.99 Å². The zero-order valence-electron chi connectivity index (χ0n) is 8.45. The van der Waals surface area contributed by atoms with Crippen LogP contribution in [0.5, 0.6) is 0 Å². The quantitative estimate of drug-likeness (QED) is 0.658.